The average molecular weight is 217 g/mol. The summed E-state index contributed by atoms with van der Waals surface area (Å²) in [5, 5.41) is 0. The van der Waals surface area contributed by atoms with Crippen molar-refractivity contribution in [3.63, 3.8) is 0 Å². The van der Waals surface area contributed by atoms with Gasteiger partial charge in [0.25, 0.3) is 0 Å². The molecule has 0 saturated carbocycles. The molecule has 0 saturated heterocycles. The molecule has 0 unspecified atom stereocenters. The van der Waals surface area contributed by atoms with Crippen molar-refractivity contribution in [3.05, 3.63) is 34.9 Å². The highest BCUT2D eigenvalue weighted by Gasteiger charge is 2.14. The summed E-state index contributed by atoms with van der Waals surface area (Å²) in [7, 11) is 1.86. The van der Waals surface area contributed by atoms with Crippen molar-refractivity contribution in [1.82, 2.24) is 0 Å². The predicted molar refractivity (Wildman–Crippen MR) is 73.0 cm³/mol. The van der Waals surface area contributed by atoms with Crippen LogP contribution < -0.4 is 0 Å². The van der Waals surface area contributed by atoms with Crippen molar-refractivity contribution in [2.24, 2.45) is 16.8 Å². The molecule has 0 bridgehead atoms. The van der Waals surface area contributed by atoms with E-state index in [0.29, 0.717) is 11.8 Å². The molecule has 0 aliphatic heterocycles. The summed E-state index contributed by atoms with van der Waals surface area (Å²) in [6.07, 6.45) is 6.61. The fourth-order valence-corrected chi connectivity index (χ4v) is 1.73. The molecule has 1 nitrogen and oxygen atoms in total. The second-order valence-electron chi connectivity index (χ2n) is 4.99. The van der Waals surface area contributed by atoms with Crippen LogP contribution in [0.5, 0.6) is 0 Å². The third kappa shape index (κ3) is 2.72. The fourth-order valence-electron chi connectivity index (χ4n) is 1.73. The van der Waals surface area contributed by atoms with Crippen molar-refractivity contribution in [2.45, 2.75) is 34.6 Å². The van der Waals surface area contributed by atoms with Gasteiger partial charge in [0, 0.05) is 7.05 Å². The lowest BCUT2D eigenvalue weighted by molar-refractivity contribution is 0.761. The van der Waals surface area contributed by atoms with Crippen LogP contribution in [0, 0.1) is 11.8 Å². The molecule has 0 aromatic carbocycles. The average Bonchev–Trinajstić information content (AvgIpc) is 2.26. The number of rotatable bonds is 2. The van der Waals surface area contributed by atoms with Crippen LogP contribution >= 0.6 is 0 Å². The van der Waals surface area contributed by atoms with Crippen LogP contribution in [0.15, 0.2) is 39.9 Å². The van der Waals surface area contributed by atoms with Gasteiger partial charge in [-0.25, -0.2) is 0 Å². The number of allylic oxidation sites excluding steroid dienone is 6. The summed E-state index contributed by atoms with van der Waals surface area (Å²) in [5.74, 6) is 1.15. The lowest BCUT2D eigenvalue weighted by Gasteiger charge is -2.18. The molecule has 1 aliphatic carbocycles. The highest BCUT2D eigenvalue weighted by Crippen LogP contribution is 2.25. The molecule has 0 fully saturated rings. The van der Waals surface area contributed by atoms with Crippen LogP contribution in [0.3, 0.4) is 0 Å². The normalized spacial score (nSPS) is 22.0. The Morgan fingerprint density at radius 1 is 1.12 bits per heavy atom. The first-order valence-corrected chi connectivity index (χ1v) is 6.05. The van der Waals surface area contributed by atoms with Gasteiger partial charge in [-0.1, -0.05) is 39.3 Å². The summed E-state index contributed by atoms with van der Waals surface area (Å²) in [4.78, 5) is 4.35. The van der Waals surface area contributed by atoms with Gasteiger partial charge in [-0.3, -0.25) is 4.99 Å². The third-order valence-corrected chi connectivity index (χ3v) is 3.22. The van der Waals surface area contributed by atoms with Gasteiger partial charge in [-0.05, 0) is 42.1 Å². The van der Waals surface area contributed by atoms with Gasteiger partial charge < -0.3 is 0 Å². The molecule has 0 N–H and O–H groups in total. The van der Waals surface area contributed by atoms with Crippen LogP contribution in [-0.4, -0.2) is 12.8 Å². The first-order chi connectivity index (χ1) is 7.47. The Kier molecular flexibility index (Phi) is 4.28. The molecule has 1 heteroatoms. The van der Waals surface area contributed by atoms with Gasteiger partial charge in [-0.15, -0.1) is 0 Å². The summed E-state index contributed by atoms with van der Waals surface area (Å²) in [5.41, 5.74) is 5.23. The first-order valence-electron chi connectivity index (χ1n) is 6.05. The van der Waals surface area contributed by atoms with Crippen LogP contribution in [-0.2, 0) is 0 Å². The standard InChI is InChI=1S/C15H23N/c1-10(2)12(5)14-9-13(11(3)4)7-8-15(14)16-6/h7-11H,1-6H3/b14-12+,16-15-. The second kappa shape index (κ2) is 5.29. The van der Waals surface area contributed by atoms with E-state index in [2.05, 4.69) is 57.8 Å². The van der Waals surface area contributed by atoms with Crippen LogP contribution in [0.2, 0.25) is 0 Å². The molecule has 0 aromatic rings. The van der Waals surface area contributed by atoms with E-state index >= 15 is 0 Å². The van der Waals surface area contributed by atoms with E-state index in [0.717, 1.165) is 5.71 Å². The van der Waals surface area contributed by atoms with Gasteiger partial charge in [-0.2, -0.15) is 0 Å². The van der Waals surface area contributed by atoms with E-state index in [-0.39, 0.29) is 0 Å². The Balaban J connectivity index is 3.23. The quantitative estimate of drug-likeness (QED) is 0.658. The smallest absolute Gasteiger partial charge is 0.0642 e. The van der Waals surface area contributed by atoms with Crippen molar-refractivity contribution < 1.29 is 0 Å². The molecule has 0 aromatic heterocycles. The molecule has 0 atom stereocenters. The highest BCUT2D eigenvalue weighted by atomic mass is 14.7. The lowest BCUT2D eigenvalue weighted by Crippen LogP contribution is -2.09. The second-order valence-corrected chi connectivity index (χ2v) is 4.99. The number of hydrogen-bond donors (Lipinski definition) is 0. The Hall–Kier alpha value is -1.11. The maximum Gasteiger partial charge on any atom is 0.0642 e. The van der Waals surface area contributed by atoms with E-state index in [4.69, 9.17) is 0 Å². The molecule has 0 heterocycles. The van der Waals surface area contributed by atoms with Crippen LogP contribution in [0.25, 0.3) is 0 Å². The monoisotopic (exact) mass is 217 g/mol. The molecule has 1 aliphatic rings. The lowest BCUT2D eigenvalue weighted by atomic mass is 9.88. The minimum Gasteiger partial charge on any atom is -0.288 e. The van der Waals surface area contributed by atoms with Gasteiger partial charge in [0.2, 0.25) is 0 Å². The first kappa shape index (κ1) is 13.0. The highest BCUT2D eigenvalue weighted by molar-refractivity contribution is 6.12. The molecule has 0 radical (unpaired) electrons. The summed E-state index contributed by atoms with van der Waals surface area (Å²) < 4.78 is 0. The number of aliphatic imine (C=N–C) groups is 1. The molecular formula is C15H23N. The molecular weight excluding hydrogens is 194 g/mol. The van der Waals surface area contributed by atoms with Gasteiger partial charge >= 0.3 is 0 Å². The third-order valence-electron chi connectivity index (χ3n) is 3.22. The van der Waals surface area contributed by atoms with Crippen molar-refractivity contribution in [3.8, 4) is 0 Å². The zero-order valence-electron chi connectivity index (χ0n) is 11.3. The minimum atomic E-state index is 0.572. The topological polar surface area (TPSA) is 12.4 Å². The predicted octanol–water partition coefficient (Wildman–Crippen LogP) is 4.18. The maximum absolute atomic E-state index is 4.35. The molecule has 0 spiro atoms. The van der Waals surface area contributed by atoms with E-state index in [1.807, 2.05) is 7.05 Å². The molecule has 16 heavy (non-hydrogen) atoms. The Bertz CT molecular complexity index is 376. The summed E-state index contributed by atoms with van der Waals surface area (Å²) in [6, 6.07) is 0. The largest absolute Gasteiger partial charge is 0.288 e. The SMILES string of the molecule is C/N=C1/C=CC(C(C)C)=C/C1=C(/C)C(C)C. The van der Waals surface area contributed by atoms with E-state index in [1.54, 1.807) is 0 Å². The number of nitrogens with zero attached hydrogens (tertiary/aromatic N) is 1. The summed E-state index contributed by atoms with van der Waals surface area (Å²) in [6.45, 7) is 11.1. The van der Waals surface area contributed by atoms with Gasteiger partial charge in [0.1, 0.15) is 0 Å². The Morgan fingerprint density at radius 3 is 2.19 bits per heavy atom. The van der Waals surface area contributed by atoms with Crippen LogP contribution in [0.4, 0.5) is 0 Å². The summed E-state index contributed by atoms with van der Waals surface area (Å²) >= 11 is 0. The zero-order valence-corrected chi connectivity index (χ0v) is 11.3. The Morgan fingerprint density at radius 2 is 1.75 bits per heavy atom. The van der Waals surface area contributed by atoms with Gasteiger partial charge in [0.05, 0.1) is 5.71 Å². The van der Waals surface area contributed by atoms with Gasteiger partial charge in [0.15, 0.2) is 0 Å². The molecule has 88 valence electrons. The van der Waals surface area contributed by atoms with E-state index < -0.39 is 0 Å². The molecule has 1 rings (SSSR count). The maximum atomic E-state index is 4.35. The zero-order chi connectivity index (χ0) is 12.3. The van der Waals surface area contributed by atoms with E-state index in [9.17, 15) is 0 Å². The minimum absolute atomic E-state index is 0.572. The van der Waals surface area contributed by atoms with E-state index in [1.165, 1.54) is 16.7 Å². The van der Waals surface area contributed by atoms with Crippen molar-refractivity contribution in [1.29, 1.82) is 0 Å². The van der Waals surface area contributed by atoms with Crippen molar-refractivity contribution >= 4 is 5.71 Å². The Labute approximate surface area is 99.7 Å². The fraction of sp³-hybridized carbons (Fsp3) is 0.533. The molecule has 0 amide bonds. The van der Waals surface area contributed by atoms with Crippen LogP contribution in [0.1, 0.15) is 34.6 Å². The van der Waals surface area contributed by atoms with Crippen molar-refractivity contribution in [2.75, 3.05) is 7.05 Å². The number of hydrogen-bond acceptors (Lipinski definition) is 1.